The second-order valence-corrected chi connectivity index (χ2v) is 10.3. The van der Waals surface area contributed by atoms with Crippen molar-refractivity contribution in [3.63, 3.8) is 0 Å². The molecule has 0 saturated carbocycles. The molecule has 43 heavy (non-hydrogen) atoms. The van der Waals surface area contributed by atoms with Crippen LogP contribution in [0.4, 0.5) is 0 Å². The zero-order chi connectivity index (χ0) is 39.6. The number of hydrogen-bond donors (Lipinski definition) is 0. The van der Waals surface area contributed by atoms with E-state index < -0.39 is 78.6 Å². The molecule has 9 aromatic rings. The topological polar surface area (TPSA) is 13.1 Å². The first-order valence-corrected chi connectivity index (χ1v) is 13.7. The first-order valence-electron chi connectivity index (χ1n) is 20.2. The Labute approximate surface area is 267 Å². The SMILES string of the molecule is [2H]c1c([2H])c([2H])c(-c2ccc3ccccc3c2-c2c3c([2H])c([2H])c([2H])c([2H])c3c(-c3ccc4oc5ccccc5c4c3)c3c([2H])c([2H])c([2H])c([2H])c23)c([2H])c1[2H]. The zero-order valence-corrected chi connectivity index (χ0v) is 22.4. The van der Waals surface area contributed by atoms with Crippen molar-refractivity contribution in [1.82, 2.24) is 0 Å². The van der Waals surface area contributed by atoms with E-state index >= 15 is 0 Å². The van der Waals surface area contributed by atoms with E-state index in [4.69, 9.17) is 16.8 Å². The summed E-state index contributed by atoms with van der Waals surface area (Å²) in [5.41, 5.74) is 1.83. The molecule has 1 aromatic heterocycles. The van der Waals surface area contributed by atoms with E-state index in [2.05, 4.69) is 0 Å². The molecule has 8 aromatic carbocycles. The first-order chi connectivity index (χ1) is 26.7. The van der Waals surface area contributed by atoms with E-state index in [0.29, 0.717) is 32.9 Å². The molecule has 1 heterocycles. The third-order valence-corrected chi connectivity index (χ3v) is 7.99. The van der Waals surface area contributed by atoms with Crippen molar-refractivity contribution in [2.24, 2.45) is 0 Å². The average Bonchev–Trinajstić information content (AvgIpc) is 3.59. The van der Waals surface area contributed by atoms with Gasteiger partial charge >= 0.3 is 0 Å². The molecule has 200 valence electrons. The van der Waals surface area contributed by atoms with Crippen molar-refractivity contribution in [2.45, 2.75) is 0 Å². The minimum absolute atomic E-state index is 0.00574. The molecule has 0 aliphatic rings. The van der Waals surface area contributed by atoms with Gasteiger partial charge in [0.1, 0.15) is 11.2 Å². The lowest BCUT2D eigenvalue weighted by Gasteiger charge is -2.21. The van der Waals surface area contributed by atoms with Crippen molar-refractivity contribution in [2.75, 3.05) is 0 Å². The molecule has 0 aliphatic heterocycles. The fourth-order valence-electron chi connectivity index (χ4n) is 6.18. The first kappa shape index (κ1) is 14.5. The Morgan fingerprint density at radius 3 is 1.74 bits per heavy atom. The molecule has 9 rings (SSSR count). The molecule has 0 bridgehead atoms. The van der Waals surface area contributed by atoms with E-state index in [9.17, 15) is 5.48 Å². The van der Waals surface area contributed by atoms with Crippen LogP contribution in [-0.2, 0) is 0 Å². The Hall–Kier alpha value is -5.66. The van der Waals surface area contributed by atoms with Crippen LogP contribution in [0.3, 0.4) is 0 Å². The second kappa shape index (κ2) is 9.44. The number of fused-ring (bicyclic) bond motifs is 6. The molecule has 0 atom stereocenters. The number of furan rings is 1. The molecule has 0 fully saturated rings. The highest BCUT2D eigenvalue weighted by Gasteiger charge is 2.21. The van der Waals surface area contributed by atoms with Crippen LogP contribution < -0.4 is 0 Å². The maximum atomic E-state index is 9.49. The third kappa shape index (κ3) is 3.65. The van der Waals surface area contributed by atoms with E-state index in [0.717, 1.165) is 5.39 Å². The van der Waals surface area contributed by atoms with Gasteiger partial charge in [-0.1, -0.05) is 139 Å². The van der Waals surface area contributed by atoms with Crippen molar-refractivity contribution < 1.29 is 22.2 Å². The predicted molar refractivity (Wildman–Crippen MR) is 183 cm³/mol. The van der Waals surface area contributed by atoms with Gasteiger partial charge in [-0.25, -0.2) is 0 Å². The molecule has 0 saturated heterocycles. The number of benzene rings is 8. The molecule has 0 spiro atoms. The molecule has 1 nitrogen and oxygen atoms in total. The Kier molecular flexibility index (Phi) is 3.18. The highest BCUT2D eigenvalue weighted by Crippen LogP contribution is 2.48. The van der Waals surface area contributed by atoms with Crippen LogP contribution in [-0.4, -0.2) is 0 Å². The van der Waals surface area contributed by atoms with E-state index in [1.165, 1.54) is 0 Å². The maximum absolute atomic E-state index is 9.49. The molecule has 0 unspecified atom stereocenters. The minimum atomic E-state index is -0.600. The highest BCUT2D eigenvalue weighted by molar-refractivity contribution is 6.25. The van der Waals surface area contributed by atoms with E-state index in [1.54, 1.807) is 54.6 Å². The summed E-state index contributed by atoms with van der Waals surface area (Å²) >= 11 is 0. The van der Waals surface area contributed by atoms with Crippen molar-refractivity contribution >= 4 is 54.3 Å². The lowest BCUT2D eigenvalue weighted by atomic mass is 9.82. The summed E-state index contributed by atoms with van der Waals surface area (Å²) in [6.07, 6.45) is 0. The lowest BCUT2D eigenvalue weighted by molar-refractivity contribution is 0.669. The third-order valence-electron chi connectivity index (χ3n) is 7.99. The summed E-state index contributed by atoms with van der Waals surface area (Å²) in [7, 11) is 0. The summed E-state index contributed by atoms with van der Waals surface area (Å²) in [4.78, 5) is 0. The van der Waals surface area contributed by atoms with Crippen molar-refractivity contribution in [3.05, 3.63) is 157 Å². The minimum Gasteiger partial charge on any atom is -0.456 e. The standard InChI is InChI=1S/C42H26O/c1-2-12-27(13-3-1)31-24-22-28-14-4-5-15-30(28)41(31)42-35-19-8-6-17-33(35)40(34-18-7-9-20-36(34)42)29-23-25-39-37(26-29)32-16-10-11-21-38(32)43-39/h1-26H/i1D,2D,3D,6D,7D,8D,9D,12D,13D,17D,18D,19D,20D. The fraction of sp³-hybridized carbons (Fsp3) is 0. The summed E-state index contributed by atoms with van der Waals surface area (Å²) < 4.78 is 123. The van der Waals surface area contributed by atoms with Crippen LogP contribution in [0.5, 0.6) is 0 Å². The van der Waals surface area contributed by atoms with Gasteiger partial charge in [0, 0.05) is 10.8 Å². The highest BCUT2D eigenvalue weighted by atomic mass is 16.3. The summed E-state index contributed by atoms with van der Waals surface area (Å²) in [6, 6.07) is 15.9. The molecule has 0 N–H and O–H groups in total. The van der Waals surface area contributed by atoms with Gasteiger partial charge in [-0.3, -0.25) is 0 Å². The van der Waals surface area contributed by atoms with E-state index in [-0.39, 0.29) is 49.4 Å². The van der Waals surface area contributed by atoms with Crippen LogP contribution in [0.25, 0.3) is 87.6 Å². The van der Waals surface area contributed by atoms with Crippen LogP contribution in [0, 0.1) is 0 Å². The van der Waals surface area contributed by atoms with Gasteiger partial charge in [-0.05, 0) is 83.9 Å². The van der Waals surface area contributed by atoms with Gasteiger partial charge in [0.2, 0.25) is 0 Å². The predicted octanol–water partition coefficient (Wildman–Crippen LogP) is 12.0. The van der Waals surface area contributed by atoms with Gasteiger partial charge in [-0.2, -0.15) is 0 Å². The maximum Gasteiger partial charge on any atom is 0.135 e. The monoisotopic (exact) mass is 559 g/mol. The molecular formula is C42H26O. The van der Waals surface area contributed by atoms with Crippen LogP contribution in [0.1, 0.15) is 17.8 Å². The van der Waals surface area contributed by atoms with Gasteiger partial charge in [-0.15, -0.1) is 0 Å². The largest absolute Gasteiger partial charge is 0.456 e. The molecule has 0 radical (unpaired) electrons. The summed E-state index contributed by atoms with van der Waals surface area (Å²) in [6.45, 7) is 0. The Bertz CT molecular complexity index is 3130. The number of para-hydroxylation sites is 1. The molecule has 0 aliphatic carbocycles. The quantitative estimate of drug-likeness (QED) is 0.196. The lowest BCUT2D eigenvalue weighted by Crippen LogP contribution is -1.94. The Morgan fingerprint density at radius 1 is 0.395 bits per heavy atom. The normalized spacial score (nSPS) is 16.0. The number of hydrogen-bond acceptors (Lipinski definition) is 1. The second-order valence-electron chi connectivity index (χ2n) is 10.3. The Balaban J connectivity index is 1.61. The van der Waals surface area contributed by atoms with Gasteiger partial charge in [0.25, 0.3) is 0 Å². The molecule has 0 amide bonds. The smallest absolute Gasteiger partial charge is 0.135 e. The molecular weight excluding hydrogens is 520 g/mol. The van der Waals surface area contributed by atoms with Crippen LogP contribution >= 0.6 is 0 Å². The molecule has 1 heteroatoms. The summed E-state index contributed by atoms with van der Waals surface area (Å²) in [5, 5.41) is 2.38. The Morgan fingerprint density at radius 2 is 1.00 bits per heavy atom. The summed E-state index contributed by atoms with van der Waals surface area (Å²) in [5.74, 6) is 0. The average molecular weight is 560 g/mol. The van der Waals surface area contributed by atoms with Crippen LogP contribution in [0.15, 0.2) is 162 Å². The van der Waals surface area contributed by atoms with Crippen molar-refractivity contribution in [1.29, 1.82) is 0 Å². The van der Waals surface area contributed by atoms with Gasteiger partial charge in [0.05, 0.1) is 17.8 Å². The van der Waals surface area contributed by atoms with Crippen LogP contribution in [0.2, 0.25) is 0 Å². The fourth-order valence-corrected chi connectivity index (χ4v) is 6.18. The van der Waals surface area contributed by atoms with Gasteiger partial charge in [0.15, 0.2) is 0 Å². The zero-order valence-electron chi connectivity index (χ0n) is 35.4. The van der Waals surface area contributed by atoms with Gasteiger partial charge < -0.3 is 4.42 Å². The number of rotatable bonds is 3. The van der Waals surface area contributed by atoms with E-state index in [1.807, 2.05) is 24.3 Å². The van der Waals surface area contributed by atoms with Crippen molar-refractivity contribution in [3.8, 4) is 33.4 Å².